The second-order valence-electron chi connectivity index (χ2n) is 3.40. The molecule has 0 spiro atoms. The number of benzene rings is 1. The zero-order valence-corrected chi connectivity index (χ0v) is 8.63. The average molecular weight is 215 g/mol. The third-order valence-electron chi connectivity index (χ3n) is 2.30. The minimum absolute atomic E-state index is 0.00651. The Morgan fingerprint density at radius 3 is 2.73 bits per heavy atom. The lowest BCUT2D eigenvalue weighted by molar-refractivity contribution is 0.238. The van der Waals surface area contributed by atoms with Crippen molar-refractivity contribution in [3.63, 3.8) is 0 Å². The first kappa shape index (κ1) is 12.1. The molecule has 0 aliphatic heterocycles. The summed E-state index contributed by atoms with van der Waals surface area (Å²) >= 11 is 0. The second-order valence-corrected chi connectivity index (χ2v) is 3.40. The summed E-state index contributed by atoms with van der Waals surface area (Å²) in [6.45, 7) is 2.13. The molecule has 0 bridgehead atoms. The fourth-order valence-electron chi connectivity index (χ4n) is 1.27. The summed E-state index contributed by atoms with van der Waals surface area (Å²) < 4.78 is 26.0. The maximum atomic E-state index is 13.2. The summed E-state index contributed by atoms with van der Waals surface area (Å²) in [6.07, 6.45) is 0.743. The van der Waals surface area contributed by atoms with Crippen LogP contribution in [-0.4, -0.2) is 17.8 Å². The van der Waals surface area contributed by atoms with Gasteiger partial charge in [0.1, 0.15) is 11.6 Å². The molecular weight excluding hydrogens is 200 g/mol. The summed E-state index contributed by atoms with van der Waals surface area (Å²) in [4.78, 5) is 0. The lowest BCUT2D eigenvalue weighted by Gasteiger charge is -2.14. The third-order valence-corrected chi connectivity index (χ3v) is 2.30. The van der Waals surface area contributed by atoms with Gasteiger partial charge in [0, 0.05) is 18.2 Å². The van der Waals surface area contributed by atoms with E-state index in [1.165, 1.54) is 0 Å². The van der Waals surface area contributed by atoms with Gasteiger partial charge in [-0.2, -0.15) is 0 Å². The van der Waals surface area contributed by atoms with Gasteiger partial charge < -0.3 is 10.4 Å². The Morgan fingerprint density at radius 1 is 1.40 bits per heavy atom. The Hall–Kier alpha value is -1.00. The number of hydrogen-bond acceptors (Lipinski definition) is 2. The topological polar surface area (TPSA) is 32.3 Å². The first-order valence-corrected chi connectivity index (χ1v) is 4.95. The number of rotatable bonds is 5. The van der Waals surface area contributed by atoms with Gasteiger partial charge in [0.2, 0.25) is 0 Å². The van der Waals surface area contributed by atoms with Crippen molar-refractivity contribution in [3.05, 3.63) is 35.4 Å². The molecule has 0 fully saturated rings. The van der Waals surface area contributed by atoms with Gasteiger partial charge in [-0.15, -0.1) is 0 Å². The van der Waals surface area contributed by atoms with E-state index in [1.54, 1.807) is 0 Å². The molecule has 0 aliphatic carbocycles. The van der Waals surface area contributed by atoms with Crippen LogP contribution < -0.4 is 5.32 Å². The van der Waals surface area contributed by atoms with Crippen molar-refractivity contribution in [2.24, 2.45) is 0 Å². The molecule has 84 valence electrons. The quantitative estimate of drug-likeness (QED) is 0.785. The van der Waals surface area contributed by atoms with Crippen LogP contribution in [0.3, 0.4) is 0 Å². The van der Waals surface area contributed by atoms with Gasteiger partial charge in [0.25, 0.3) is 0 Å². The summed E-state index contributed by atoms with van der Waals surface area (Å²) in [5.74, 6) is -0.887. The van der Waals surface area contributed by atoms with Gasteiger partial charge in [-0.1, -0.05) is 6.92 Å². The van der Waals surface area contributed by atoms with Crippen molar-refractivity contribution < 1.29 is 13.9 Å². The van der Waals surface area contributed by atoms with Crippen molar-refractivity contribution in [1.82, 2.24) is 5.32 Å². The SMILES string of the molecule is CC[C@@H](CO)NCc1cc(F)ccc1F. The molecule has 0 unspecified atom stereocenters. The number of aliphatic hydroxyl groups excluding tert-OH is 1. The van der Waals surface area contributed by atoms with E-state index in [1.807, 2.05) is 6.92 Å². The van der Waals surface area contributed by atoms with Crippen molar-refractivity contribution in [2.75, 3.05) is 6.61 Å². The summed E-state index contributed by atoms with van der Waals surface area (Å²) in [6, 6.07) is 3.27. The molecule has 0 amide bonds. The zero-order chi connectivity index (χ0) is 11.3. The first-order valence-electron chi connectivity index (χ1n) is 4.95. The monoisotopic (exact) mass is 215 g/mol. The number of halogens is 2. The van der Waals surface area contributed by atoms with Crippen LogP contribution in [0.15, 0.2) is 18.2 Å². The lowest BCUT2D eigenvalue weighted by atomic mass is 10.1. The van der Waals surface area contributed by atoms with Crippen molar-refractivity contribution in [3.8, 4) is 0 Å². The first-order chi connectivity index (χ1) is 7.17. The van der Waals surface area contributed by atoms with Crippen LogP contribution in [0.4, 0.5) is 8.78 Å². The van der Waals surface area contributed by atoms with Gasteiger partial charge in [-0.05, 0) is 24.6 Å². The average Bonchev–Trinajstić information content (AvgIpc) is 2.24. The van der Waals surface area contributed by atoms with Gasteiger partial charge >= 0.3 is 0 Å². The standard InChI is InChI=1S/C11H15F2NO/c1-2-10(7-15)14-6-8-5-9(12)3-4-11(8)13/h3-5,10,14-15H,2,6-7H2,1H3/t10-/m0/s1. The Bertz CT molecular complexity index is 313. The smallest absolute Gasteiger partial charge is 0.127 e. The highest BCUT2D eigenvalue weighted by Gasteiger charge is 2.07. The van der Waals surface area contributed by atoms with Crippen LogP contribution in [0.25, 0.3) is 0 Å². The van der Waals surface area contributed by atoms with E-state index in [9.17, 15) is 8.78 Å². The van der Waals surface area contributed by atoms with Crippen LogP contribution in [0, 0.1) is 11.6 Å². The molecular formula is C11H15F2NO. The largest absolute Gasteiger partial charge is 0.395 e. The Kier molecular flexibility index (Phi) is 4.65. The van der Waals surface area contributed by atoms with Crippen LogP contribution in [-0.2, 0) is 6.54 Å². The fraction of sp³-hybridized carbons (Fsp3) is 0.455. The summed E-state index contributed by atoms with van der Waals surface area (Å²) in [5, 5.41) is 11.8. The highest BCUT2D eigenvalue weighted by Crippen LogP contribution is 2.09. The van der Waals surface area contributed by atoms with E-state index in [0.717, 1.165) is 24.6 Å². The number of nitrogens with one attached hydrogen (secondary N) is 1. The van der Waals surface area contributed by atoms with Crippen molar-refractivity contribution in [1.29, 1.82) is 0 Å². The van der Waals surface area contributed by atoms with Crippen LogP contribution in [0.1, 0.15) is 18.9 Å². The highest BCUT2D eigenvalue weighted by atomic mass is 19.1. The molecule has 0 saturated heterocycles. The maximum Gasteiger partial charge on any atom is 0.127 e. The highest BCUT2D eigenvalue weighted by molar-refractivity contribution is 5.18. The fourth-order valence-corrected chi connectivity index (χ4v) is 1.27. The number of aliphatic hydroxyl groups is 1. The minimum atomic E-state index is -0.453. The van der Waals surface area contributed by atoms with Crippen LogP contribution >= 0.6 is 0 Å². The normalized spacial score (nSPS) is 12.8. The van der Waals surface area contributed by atoms with E-state index in [0.29, 0.717) is 0 Å². The molecule has 0 aromatic heterocycles. The summed E-state index contributed by atoms with van der Waals surface area (Å²) in [7, 11) is 0. The molecule has 2 N–H and O–H groups in total. The molecule has 1 atom stereocenters. The van der Waals surface area contributed by atoms with Gasteiger partial charge in [0.15, 0.2) is 0 Å². The predicted molar refractivity (Wildman–Crippen MR) is 54.4 cm³/mol. The van der Waals surface area contributed by atoms with Crippen molar-refractivity contribution in [2.45, 2.75) is 25.9 Å². The molecule has 1 rings (SSSR count). The Balaban J connectivity index is 2.60. The molecule has 15 heavy (non-hydrogen) atoms. The molecule has 1 aromatic rings. The predicted octanol–water partition coefficient (Wildman–Crippen LogP) is 1.83. The molecule has 0 heterocycles. The molecule has 4 heteroatoms. The molecule has 0 aliphatic rings. The third kappa shape index (κ3) is 3.57. The molecule has 0 saturated carbocycles. The van der Waals surface area contributed by atoms with E-state index in [4.69, 9.17) is 5.11 Å². The van der Waals surface area contributed by atoms with Gasteiger partial charge in [-0.3, -0.25) is 0 Å². The van der Waals surface area contributed by atoms with E-state index in [-0.39, 0.29) is 24.8 Å². The minimum Gasteiger partial charge on any atom is -0.395 e. The lowest BCUT2D eigenvalue weighted by Crippen LogP contribution is -2.31. The zero-order valence-electron chi connectivity index (χ0n) is 8.63. The van der Waals surface area contributed by atoms with E-state index >= 15 is 0 Å². The maximum absolute atomic E-state index is 13.2. The van der Waals surface area contributed by atoms with Crippen LogP contribution in [0.2, 0.25) is 0 Å². The van der Waals surface area contributed by atoms with Crippen molar-refractivity contribution >= 4 is 0 Å². The molecule has 2 nitrogen and oxygen atoms in total. The molecule has 0 radical (unpaired) electrons. The van der Waals surface area contributed by atoms with E-state index < -0.39 is 11.6 Å². The Labute approximate surface area is 87.9 Å². The molecule has 1 aromatic carbocycles. The summed E-state index contributed by atoms with van der Waals surface area (Å²) in [5.41, 5.74) is 0.280. The second kappa shape index (κ2) is 5.78. The Morgan fingerprint density at radius 2 is 2.13 bits per heavy atom. The van der Waals surface area contributed by atoms with E-state index in [2.05, 4.69) is 5.32 Å². The van der Waals surface area contributed by atoms with Crippen LogP contribution in [0.5, 0.6) is 0 Å². The van der Waals surface area contributed by atoms with Gasteiger partial charge in [0.05, 0.1) is 6.61 Å². The number of hydrogen-bond donors (Lipinski definition) is 2. The van der Waals surface area contributed by atoms with Gasteiger partial charge in [-0.25, -0.2) is 8.78 Å².